The van der Waals surface area contributed by atoms with Crippen molar-refractivity contribution in [1.29, 1.82) is 0 Å². The van der Waals surface area contributed by atoms with Crippen molar-refractivity contribution in [2.75, 3.05) is 13.2 Å². The van der Waals surface area contributed by atoms with Crippen LogP contribution in [-0.4, -0.2) is 19.1 Å². The highest BCUT2D eigenvalue weighted by Gasteiger charge is 2.19. The van der Waals surface area contributed by atoms with E-state index in [1.165, 1.54) is 25.7 Å². The molecule has 1 rings (SSSR count). The summed E-state index contributed by atoms with van der Waals surface area (Å²) in [4.78, 5) is 11.7. The SMILES string of the molecule is CC(C)C[C@H](CN)CC(=O)OCC1CCCC1. The van der Waals surface area contributed by atoms with Crippen LogP contribution in [0.4, 0.5) is 0 Å². The predicted octanol–water partition coefficient (Wildman–Crippen LogP) is 2.73. The van der Waals surface area contributed by atoms with Gasteiger partial charge in [-0.05, 0) is 43.6 Å². The van der Waals surface area contributed by atoms with E-state index in [2.05, 4.69) is 13.8 Å². The van der Waals surface area contributed by atoms with E-state index in [-0.39, 0.29) is 11.9 Å². The molecule has 1 saturated carbocycles. The van der Waals surface area contributed by atoms with Gasteiger partial charge in [0.05, 0.1) is 6.61 Å². The molecule has 0 unspecified atom stereocenters. The number of rotatable bonds is 7. The van der Waals surface area contributed by atoms with Crippen molar-refractivity contribution in [2.45, 2.75) is 52.4 Å². The van der Waals surface area contributed by atoms with Gasteiger partial charge in [-0.25, -0.2) is 0 Å². The largest absolute Gasteiger partial charge is 0.465 e. The smallest absolute Gasteiger partial charge is 0.306 e. The van der Waals surface area contributed by atoms with Crippen LogP contribution in [-0.2, 0) is 9.53 Å². The van der Waals surface area contributed by atoms with Gasteiger partial charge >= 0.3 is 5.97 Å². The second kappa shape index (κ2) is 7.70. The van der Waals surface area contributed by atoms with Crippen LogP contribution in [0.5, 0.6) is 0 Å². The van der Waals surface area contributed by atoms with Crippen LogP contribution in [0.2, 0.25) is 0 Å². The van der Waals surface area contributed by atoms with Gasteiger partial charge in [-0.15, -0.1) is 0 Å². The van der Waals surface area contributed by atoms with E-state index in [4.69, 9.17) is 10.5 Å². The first-order valence-electron chi connectivity index (χ1n) is 6.97. The molecule has 0 aliphatic heterocycles. The summed E-state index contributed by atoms with van der Waals surface area (Å²) in [6.07, 6.45) is 6.53. The van der Waals surface area contributed by atoms with Crippen molar-refractivity contribution >= 4 is 5.97 Å². The molecule has 0 aromatic rings. The highest BCUT2D eigenvalue weighted by atomic mass is 16.5. The molecule has 0 aromatic heterocycles. The minimum Gasteiger partial charge on any atom is -0.465 e. The third-order valence-electron chi connectivity index (χ3n) is 3.55. The van der Waals surface area contributed by atoms with Crippen molar-refractivity contribution in [3.63, 3.8) is 0 Å². The molecule has 0 bridgehead atoms. The maximum atomic E-state index is 11.7. The van der Waals surface area contributed by atoms with E-state index < -0.39 is 0 Å². The van der Waals surface area contributed by atoms with E-state index >= 15 is 0 Å². The lowest BCUT2D eigenvalue weighted by molar-refractivity contribution is -0.146. The van der Waals surface area contributed by atoms with Crippen LogP contribution in [0.25, 0.3) is 0 Å². The Kier molecular flexibility index (Phi) is 6.56. The van der Waals surface area contributed by atoms with Gasteiger partial charge in [-0.2, -0.15) is 0 Å². The van der Waals surface area contributed by atoms with E-state index in [1.807, 2.05) is 0 Å². The molecule has 1 atom stereocenters. The molecule has 1 fully saturated rings. The first-order chi connectivity index (χ1) is 8.11. The molecule has 0 radical (unpaired) electrons. The lowest BCUT2D eigenvalue weighted by atomic mass is 9.94. The minimum atomic E-state index is -0.0620. The number of nitrogens with two attached hydrogens (primary N) is 1. The Bertz CT molecular complexity index is 222. The molecule has 100 valence electrons. The Morgan fingerprint density at radius 2 is 2.00 bits per heavy atom. The van der Waals surface area contributed by atoms with E-state index in [1.54, 1.807) is 0 Å². The molecule has 3 heteroatoms. The molecule has 1 aliphatic carbocycles. The minimum absolute atomic E-state index is 0.0620. The Morgan fingerprint density at radius 3 is 2.53 bits per heavy atom. The summed E-state index contributed by atoms with van der Waals surface area (Å²) in [5.74, 6) is 1.42. The third kappa shape index (κ3) is 6.06. The Balaban J connectivity index is 2.17. The maximum absolute atomic E-state index is 11.7. The Morgan fingerprint density at radius 1 is 1.35 bits per heavy atom. The van der Waals surface area contributed by atoms with E-state index in [0.717, 1.165) is 6.42 Å². The molecular formula is C14H27NO2. The van der Waals surface area contributed by atoms with Gasteiger partial charge in [0, 0.05) is 6.42 Å². The van der Waals surface area contributed by atoms with Crippen molar-refractivity contribution in [3.05, 3.63) is 0 Å². The fourth-order valence-corrected chi connectivity index (χ4v) is 2.61. The molecule has 0 heterocycles. The average molecular weight is 241 g/mol. The summed E-state index contributed by atoms with van der Waals surface area (Å²) in [7, 11) is 0. The quantitative estimate of drug-likeness (QED) is 0.697. The second-order valence-corrected chi connectivity index (χ2v) is 5.77. The van der Waals surface area contributed by atoms with Gasteiger partial charge in [-0.1, -0.05) is 26.7 Å². The van der Waals surface area contributed by atoms with E-state index in [0.29, 0.717) is 31.4 Å². The van der Waals surface area contributed by atoms with Gasteiger partial charge < -0.3 is 10.5 Å². The summed E-state index contributed by atoms with van der Waals surface area (Å²) in [5, 5.41) is 0. The van der Waals surface area contributed by atoms with Gasteiger partial charge in [-0.3, -0.25) is 4.79 Å². The number of esters is 1. The Labute approximate surface area is 105 Å². The third-order valence-corrected chi connectivity index (χ3v) is 3.55. The molecule has 17 heavy (non-hydrogen) atoms. The summed E-state index contributed by atoms with van der Waals surface area (Å²) in [5.41, 5.74) is 5.68. The van der Waals surface area contributed by atoms with Gasteiger partial charge in [0.15, 0.2) is 0 Å². The Hall–Kier alpha value is -0.570. The topological polar surface area (TPSA) is 52.3 Å². The summed E-state index contributed by atoms with van der Waals surface area (Å²) in [6.45, 7) is 5.52. The molecule has 0 aromatic carbocycles. The number of carbonyl (C=O) groups excluding carboxylic acids is 1. The lowest BCUT2D eigenvalue weighted by Crippen LogP contribution is -2.22. The van der Waals surface area contributed by atoms with Gasteiger partial charge in [0.2, 0.25) is 0 Å². The number of hydrogen-bond donors (Lipinski definition) is 1. The van der Waals surface area contributed by atoms with Gasteiger partial charge in [0.25, 0.3) is 0 Å². The number of ether oxygens (including phenoxy) is 1. The standard InChI is InChI=1S/C14H27NO2/c1-11(2)7-13(9-15)8-14(16)17-10-12-5-3-4-6-12/h11-13H,3-10,15H2,1-2H3/t13-/m0/s1. The predicted molar refractivity (Wildman–Crippen MR) is 69.5 cm³/mol. The highest BCUT2D eigenvalue weighted by molar-refractivity contribution is 5.69. The molecule has 0 amide bonds. The normalized spacial score (nSPS) is 18.6. The summed E-state index contributed by atoms with van der Waals surface area (Å²) >= 11 is 0. The monoisotopic (exact) mass is 241 g/mol. The first kappa shape index (κ1) is 14.5. The van der Waals surface area contributed by atoms with Crippen molar-refractivity contribution < 1.29 is 9.53 Å². The van der Waals surface area contributed by atoms with Crippen LogP contribution >= 0.6 is 0 Å². The summed E-state index contributed by atoms with van der Waals surface area (Å²) in [6, 6.07) is 0. The fraction of sp³-hybridized carbons (Fsp3) is 0.929. The van der Waals surface area contributed by atoms with Crippen LogP contribution in [0.15, 0.2) is 0 Å². The van der Waals surface area contributed by atoms with Gasteiger partial charge in [0.1, 0.15) is 0 Å². The molecule has 0 saturated heterocycles. The van der Waals surface area contributed by atoms with Crippen LogP contribution in [0, 0.1) is 17.8 Å². The summed E-state index contributed by atoms with van der Waals surface area (Å²) < 4.78 is 5.35. The molecule has 1 aliphatic rings. The van der Waals surface area contributed by atoms with Crippen molar-refractivity contribution in [2.24, 2.45) is 23.5 Å². The maximum Gasteiger partial charge on any atom is 0.306 e. The van der Waals surface area contributed by atoms with Crippen molar-refractivity contribution in [1.82, 2.24) is 0 Å². The molecule has 2 N–H and O–H groups in total. The zero-order chi connectivity index (χ0) is 12.7. The molecule has 3 nitrogen and oxygen atoms in total. The van der Waals surface area contributed by atoms with E-state index in [9.17, 15) is 4.79 Å². The van der Waals surface area contributed by atoms with Crippen LogP contribution in [0.3, 0.4) is 0 Å². The highest BCUT2D eigenvalue weighted by Crippen LogP contribution is 2.25. The van der Waals surface area contributed by atoms with Crippen LogP contribution in [0.1, 0.15) is 52.4 Å². The number of carbonyl (C=O) groups is 1. The number of hydrogen-bond acceptors (Lipinski definition) is 3. The van der Waals surface area contributed by atoms with Crippen molar-refractivity contribution in [3.8, 4) is 0 Å². The molecule has 0 spiro atoms. The molecular weight excluding hydrogens is 214 g/mol. The second-order valence-electron chi connectivity index (χ2n) is 5.77. The lowest BCUT2D eigenvalue weighted by Gasteiger charge is -2.17. The zero-order valence-corrected chi connectivity index (χ0v) is 11.3. The average Bonchev–Trinajstić information content (AvgIpc) is 2.77. The van der Waals surface area contributed by atoms with Crippen LogP contribution < -0.4 is 5.73 Å². The first-order valence-corrected chi connectivity index (χ1v) is 6.97. The fourth-order valence-electron chi connectivity index (χ4n) is 2.61. The zero-order valence-electron chi connectivity index (χ0n) is 11.3.